The number of nitrogens with one attached hydrogen (secondary N) is 1. The van der Waals surface area contributed by atoms with Gasteiger partial charge in [0.2, 0.25) is 0 Å². The lowest BCUT2D eigenvalue weighted by molar-refractivity contribution is 0.0740. The highest BCUT2D eigenvalue weighted by atomic mass is 16.5. The van der Waals surface area contributed by atoms with Gasteiger partial charge in [0.15, 0.2) is 11.5 Å². The average molecular weight is 396 g/mol. The number of aromatic nitrogens is 1. The van der Waals surface area contributed by atoms with Crippen molar-refractivity contribution in [1.29, 1.82) is 0 Å². The molecule has 150 valence electrons. The fraction of sp³-hybridized carbons (Fsp3) is 0.250. The first kappa shape index (κ1) is 18.6. The summed E-state index contributed by atoms with van der Waals surface area (Å²) in [4.78, 5) is 32.7. The van der Waals surface area contributed by atoms with Crippen LogP contribution in [0.3, 0.4) is 0 Å². The Hall–Kier alpha value is -3.75. The van der Waals surface area contributed by atoms with Gasteiger partial charge in [-0.25, -0.2) is 0 Å². The van der Waals surface area contributed by atoms with Crippen LogP contribution in [0.25, 0.3) is 0 Å². The Balaban J connectivity index is 1.36. The quantitative estimate of drug-likeness (QED) is 0.707. The third-order valence-corrected chi connectivity index (χ3v) is 4.68. The first-order valence-electron chi connectivity index (χ1n) is 9.13. The number of para-hydroxylation sites is 2. The van der Waals surface area contributed by atoms with Gasteiger partial charge in [0.25, 0.3) is 11.8 Å². The van der Waals surface area contributed by atoms with Gasteiger partial charge >= 0.3 is 6.01 Å². The molecule has 1 fully saturated rings. The Morgan fingerprint density at radius 2 is 1.86 bits per heavy atom. The molecule has 1 aliphatic heterocycles. The average Bonchev–Trinajstić information content (AvgIpc) is 3.46. The standard InChI is InChI=1S/C20H20N4O5/c1-27-16-6-3-2-5-15(16)23-8-10-24(11-9-23)19(26)14-13-29-20(21-14)22-18(25)17-7-4-12-28-17/h2-7,12-13H,8-11H2,1H3,(H,21,22,25). The molecule has 9 nitrogen and oxygen atoms in total. The summed E-state index contributed by atoms with van der Waals surface area (Å²) >= 11 is 0. The lowest BCUT2D eigenvalue weighted by atomic mass is 10.2. The van der Waals surface area contributed by atoms with E-state index in [0.717, 1.165) is 11.4 Å². The maximum absolute atomic E-state index is 12.7. The van der Waals surface area contributed by atoms with Crippen LogP contribution in [0.15, 0.2) is 57.8 Å². The number of nitrogens with zero attached hydrogens (tertiary/aromatic N) is 3. The van der Waals surface area contributed by atoms with Crippen LogP contribution in [0.4, 0.5) is 11.7 Å². The number of carbonyl (C=O) groups is 2. The minimum atomic E-state index is -0.499. The van der Waals surface area contributed by atoms with E-state index in [1.165, 1.54) is 18.6 Å². The maximum Gasteiger partial charge on any atom is 0.302 e. The zero-order valence-corrected chi connectivity index (χ0v) is 15.8. The Kier molecular flexibility index (Phi) is 5.19. The highest BCUT2D eigenvalue weighted by Crippen LogP contribution is 2.28. The van der Waals surface area contributed by atoms with Crippen molar-refractivity contribution in [2.45, 2.75) is 0 Å². The lowest BCUT2D eigenvalue weighted by Gasteiger charge is -2.36. The summed E-state index contributed by atoms with van der Waals surface area (Å²) in [5, 5.41) is 2.46. The van der Waals surface area contributed by atoms with Gasteiger partial charge in [-0.3, -0.25) is 14.9 Å². The van der Waals surface area contributed by atoms with E-state index in [0.29, 0.717) is 26.2 Å². The molecule has 0 unspecified atom stereocenters. The molecule has 3 aromatic rings. The first-order valence-corrected chi connectivity index (χ1v) is 9.13. The molecule has 2 aromatic heterocycles. The van der Waals surface area contributed by atoms with Crippen LogP contribution in [-0.2, 0) is 0 Å². The third-order valence-electron chi connectivity index (χ3n) is 4.68. The number of ether oxygens (including phenoxy) is 1. The molecule has 0 aliphatic carbocycles. The van der Waals surface area contributed by atoms with Crippen molar-refractivity contribution in [1.82, 2.24) is 9.88 Å². The normalized spacial score (nSPS) is 14.0. The molecule has 29 heavy (non-hydrogen) atoms. The Morgan fingerprint density at radius 3 is 2.59 bits per heavy atom. The van der Waals surface area contributed by atoms with Crippen molar-refractivity contribution in [3.63, 3.8) is 0 Å². The van der Waals surface area contributed by atoms with Crippen molar-refractivity contribution < 1.29 is 23.2 Å². The molecule has 0 spiro atoms. The predicted molar refractivity (Wildman–Crippen MR) is 104 cm³/mol. The molecule has 1 aliphatic rings. The molecule has 2 amide bonds. The molecule has 0 atom stereocenters. The summed E-state index contributed by atoms with van der Waals surface area (Å²) in [5.74, 6) is 0.192. The number of benzene rings is 1. The zero-order chi connectivity index (χ0) is 20.2. The minimum Gasteiger partial charge on any atom is -0.495 e. The summed E-state index contributed by atoms with van der Waals surface area (Å²) in [6.45, 7) is 2.42. The summed E-state index contributed by atoms with van der Waals surface area (Å²) in [6, 6.07) is 10.9. The Labute approximate surface area is 166 Å². The molecule has 1 N–H and O–H groups in total. The van der Waals surface area contributed by atoms with E-state index in [1.54, 1.807) is 18.1 Å². The molecular formula is C20H20N4O5. The van der Waals surface area contributed by atoms with E-state index < -0.39 is 5.91 Å². The number of methoxy groups -OCH3 is 1. The molecule has 0 radical (unpaired) electrons. The molecule has 9 heteroatoms. The molecule has 1 aromatic carbocycles. The van der Waals surface area contributed by atoms with Crippen LogP contribution < -0.4 is 15.0 Å². The second-order valence-electron chi connectivity index (χ2n) is 6.42. The van der Waals surface area contributed by atoms with Crippen LogP contribution in [-0.4, -0.2) is 55.0 Å². The van der Waals surface area contributed by atoms with E-state index in [2.05, 4.69) is 15.2 Å². The lowest BCUT2D eigenvalue weighted by Crippen LogP contribution is -2.49. The number of oxazole rings is 1. The third kappa shape index (κ3) is 3.93. The summed E-state index contributed by atoms with van der Waals surface area (Å²) in [6.07, 6.45) is 2.64. The number of anilines is 2. The van der Waals surface area contributed by atoms with Gasteiger partial charge in [-0.2, -0.15) is 4.98 Å². The van der Waals surface area contributed by atoms with E-state index in [-0.39, 0.29) is 23.4 Å². The van der Waals surface area contributed by atoms with Crippen molar-refractivity contribution in [3.8, 4) is 5.75 Å². The second-order valence-corrected chi connectivity index (χ2v) is 6.42. The van der Waals surface area contributed by atoms with Gasteiger partial charge in [-0.05, 0) is 24.3 Å². The number of furan rings is 1. The van der Waals surface area contributed by atoms with E-state index in [1.807, 2.05) is 24.3 Å². The zero-order valence-electron chi connectivity index (χ0n) is 15.8. The number of carbonyl (C=O) groups excluding carboxylic acids is 2. The highest BCUT2D eigenvalue weighted by Gasteiger charge is 2.26. The van der Waals surface area contributed by atoms with Gasteiger partial charge in [-0.1, -0.05) is 12.1 Å². The van der Waals surface area contributed by atoms with Gasteiger partial charge in [-0.15, -0.1) is 0 Å². The number of rotatable bonds is 5. The van der Waals surface area contributed by atoms with Crippen LogP contribution in [0.5, 0.6) is 5.75 Å². The van der Waals surface area contributed by atoms with E-state index in [4.69, 9.17) is 13.6 Å². The molecule has 0 saturated carbocycles. The predicted octanol–water partition coefficient (Wildman–Crippen LogP) is 2.49. The smallest absolute Gasteiger partial charge is 0.302 e. The Bertz CT molecular complexity index is 990. The van der Waals surface area contributed by atoms with Crippen LogP contribution in [0.1, 0.15) is 21.0 Å². The Morgan fingerprint density at radius 1 is 1.07 bits per heavy atom. The molecule has 3 heterocycles. The minimum absolute atomic E-state index is 0.0533. The first-order chi connectivity index (χ1) is 14.2. The van der Waals surface area contributed by atoms with Crippen molar-refractivity contribution >= 4 is 23.5 Å². The van der Waals surface area contributed by atoms with Gasteiger partial charge in [0.1, 0.15) is 12.0 Å². The van der Waals surface area contributed by atoms with Crippen molar-refractivity contribution in [2.75, 3.05) is 43.5 Å². The monoisotopic (exact) mass is 396 g/mol. The second kappa shape index (κ2) is 8.09. The highest BCUT2D eigenvalue weighted by molar-refractivity contribution is 6.01. The van der Waals surface area contributed by atoms with E-state index in [9.17, 15) is 9.59 Å². The fourth-order valence-electron chi connectivity index (χ4n) is 3.20. The van der Waals surface area contributed by atoms with E-state index >= 15 is 0 Å². The topological polar surface area (TPSA) is 101 Å². The van der Waals surface area contributed by atoms with Gasteiger partial charge < -0.3 is 23.4 Å². The summed E-state index contributed by atoms with van der Waals surface area (Å²) in [5.41, 5.74) is 1.15. The van der Waals surface area contributed by atoms with Crippen molar-refractivity contribution in [2.24, 2.45) is 0 Å². The maximum atomic E-state index is 12.7. The fourth-order valence-corrected chi connectivity index (χ4v) is 3.20. The van der Waals surface area contributed by atoms with Gasteiger partial charge in [0, 0.05) is 26.2 Å². The van der Waals surface area contributed by atoms with Crippen LogP contribution >= 0.6 is 0 Å². The van der Waals surface area contributed by atoms with Crippen molar-refractivity contribution in [3.05, 3.63) is 60.4 Å². The number of piperazine rings is 1. The SMILES string of the molecule is COc1ccccc1N1CCN(C(=O)c2coc(NC(=O)c3ccco3)n2)CC1. The number of amides is 2. The summed E-state index contributed by atoms with van der Waals surface area (Å²) < 4.78 is 15.6. The summed E-state index contributed by atoms with van der Waals surface area (Å²) in [7, 11) is 1.64. The van der Waals surface area contributed by atoms with Gasteiger partial charge in [0.05, 0.1) is 19.1 Å². The molecule has 4 rings (SSSR count). The number of hydrogen-bond acceptors (Lipinski definition) is 7. The molecular weight excluding hydrogens is 376 g/mol. The largest absolute Gasteiger partial charge is 0.495 e. The van der Waals surface area contributed by atoms with Crippen LogP contribution in [0.2, 0.25) is 0 Å². The molecule has 1 saturated heterocycles. The number of hydrogen-bond donors (Lipinski definition) is 1. The molecule has 0 bridgehead atoms. The van der Waals surface area contributed by atoms with Crippen LogP contribution in [0, 0.1) is 0 Å².